The van der Waals surface area contributed by atoms with Crippen LogP contribution in [-0.4, -0.2) is 38.6 Å². The second kappa shape index (κ2) is 3.22. The fourth-order valence-electron chi connectivity index (χ4n) is 3.09. The van der Waals surface area contributed by atoms with Gasteiger partial charge in [-0.05, 0) is 24.3 Å². The van der Waals surface area contributed by atoms with Crippen LogP contribution in [0.3, 0.4) is 0 Å². The number of anilines is 1. The van der Waals surface area contributed by atoms with E-state index in [1.165, 1.54) is 6.33 Å². The van der Waals surface area contributed by atoms with Crippen molar-refractivity contribution >= 4 is 22.8 Å². The Morgan fingerprint density at radius 3 is 3.22 bits per heavy atom. The molecule has 4 rings (SSSR count). The number of piperidine rings is 1. The molecule has 1 saturated heterocycles. The molecule has 0 spiro atoms. The van der Waals surface area contributed by atoms with Crippen LogP contribution in [0.25, 0.3) is 11.0 Å². The summed E-state index contributed by atoms with van der Waals surface area (Å²) in [5.41, 5.74) is 0.754. The number of nitrogens with zero attached hydrogens (tertiary/aromatic N) is 3. The van der Waals surface area contributed by atoms with E-state index in [1.54, 1.807) is 6.20 Å². The summed E-state index contributed by atoms with van der Waals surface area (Å²) in [5.74, 6) is 0.810. The molecule has 3 heterocycles. The van der Waals surface area contributed by atoms with Crippen molar-refractivity contribution in [3.63, 3.8) is 0 Å². The Labute approximate surface area is 103 Å². The van der Waals surface area contributed by atoms with Crippen molar-refractivity contribution < 1.29 is 9.90 Å². The number of carboxylic acids is 1. The normalized spacial score (nSPS) is 29.6. The number of fused-ring (bicyclic) bond motifs is 2. The number of aromatic nitrogens is 3. The fraction of sp³-hybridized carbons (Fsp3) is 0.417. The van der Waals surface area contributed by atoms with Crippen molar-refractivity contribution in [1.82, 2.24) is 15.0 Å². The number of carboxylic acid groups (broad SMARTS) is 1. The third-order valence-corrected chi connectivity index (χ3v) is 4.01. The summed E-state index contributed by atoms with van der Waals surface area (Å²) in [4.78, 5) is 24.8. The first-order valence-electron chi connectivity index (χ1n) is 6.03. The first-order chi connectivity index (χ1) is 8.75. The molecule has 2 aromatic heterocycles. The van der Waals surface area contributed by atoms with Crippen LogP contribution < -0.4 is 4.90 Å². The molecule has 6 heteroatoms. The van der Waals surface area contributed by atoms with Gasteiger partial charge in [-0.1, -0.05) is 0 Å². The van der Waals surface area contributed by atoms with Crippen LogP contribution in [0.1, 0.15) is 6.42 Å². The van der Waals surface area contributed by atoms with Gasteiger partial charge in [-0.15, -0.1) is 0 Å². The number of hydrogen-bond acceptors (Lipinski definition) is 4. The highest BCUT2D eigenvalue weighted by Gasteiger charge is 2.56. The number of carbonyl (C=O) groups is 1. The molecule has 0 aromatic carbocycles. The lowest BCUT2D eigenvalue weighted by Crippen LogP contribution is -2.40. The van der Waals surface area contributed by atoms with Crippen LogP contribution in [-0.2, 0) is 4.79 Å². The van der Waals surface area contributed by atoms with Gasteiger partial charge in [0.15, 0.2) is 0 Å². The van der Waals surface area contributed by atoms with Crippen molar-refractivity contribution in [2.45, 2.75) is 12.5 Å². The van der Waals surface area contributed by atoms with Crippen LogP contribution in [0, 0.1) is 11.8 Å². The van der Waals surface area contributed by atoms with E-state index in [0.717, 1.165) is 29.8 Å². The lowest BCUT2D eigenvalue weighted by molar-refractivity contribution is -0.138. The van der Waals surface area contributed by atoms with Gasteiger partial charge < -0.3 is 15.0 Å². The van der Waals surface area contributed by atoms with E-state index in [4.69, 9.17) is 0 Å². The van der Waals surface area contributed by atoms with Gasteiger partial charge in [0.2, 0.25) is 0 Å². The van der Waals surface area contributed by atoms with Crippen molar-refractivity contribution in [2.75, 3.05) is 11.4 Å². The van der Waals surface area contributed by atoms with Gasteiger partial charge in [-0.3, -0.25) is 0 Å². The Balaban J connectivity index is 1.83. The minimum atomic E-state index is -0.748. The third kappa shape index (κ3) is 1.20. The Morgan fingerprint density at radius 2 is 2.39 bits per heavy atom. The topological polar surface area (TPSA) is 82.1 Å². The van der Waals surface area contributed by atoms with E-state index in [9.17, 15) is 9.90 Å². The van der Waals surface area contributed by atoms with E-state index in [1.807, 2.05) is 11.0 Å². The molecule has 1 aliphatic carbocycles. The quantitative estimate of drug-likeness (QED) is 0.819. The van der Waals surface area contributed by atoms with Gasteiger partial charge in [0.1, 0.15) is 23.8 Å². The summed E-state index contributed by atoms with van der Waals surface area (Å²) >= 11 is 0. The summed E-state index contributed by atoms with van der Waals surface area (Å²) in [7, 11) is 0. The summed E-state index contributed by atoms with van der Waals surface area (Å²) in [5, 5.41) is 10.3. The molecule has 2 aromatic rings. The molecular formula is C12H12N4O2. The van der Waals surface area contributed by atoms with Gasteiger partial charge in [0.05, 0.1) is 5.39 Å². The second-order valence-corrected chi connectivity index (χ2v) is 5.03. The number of hydrogen-bond donors (Lipinski definition) is 2. The zero-order valence-corrected chi connectivity index (χ0v) is 9.58. The lowest BCUT2D eigenvalue weighted by Gasteiger charge is -2.25. The first-order valence-corrected chi connectivity index (χ1v) is 6.03. The SMILES string of the molecule is O=C(O)[C@H]1[C@H]2C[C@H]2CN1c1ncnc2[nH]ccc12. The van der Waals surface area contributed by atoms with Crippen molar-refractivity contribution in [3.05, 3.63) is 18.6 Å². The smallest absolute Gasteiger partial charge is 0.326 e. The summed E-state index contributed by atoms with van der Waals surface area (Å²) in [6.07, 6.45) is 4.32. The van der Waals surface area contributed by atoms with E-state index in [2.05, 4.69) is 15.0 Å². The average molecular weight is 244 g/mol. The van der Waals surface area contributed by atoms with E-state index < -0.39 is 12.0 Å². The standard InChI is InChI=1S/C12H12N4O2/c17-12(18)9-8-3-6(8)4-16(9)11-7-1-2-13-10(7)14-5-15-11/h1-2,5-6,8-9H,3-4H2,(H,17,18)(H,13,14,15)/t6-,8-,9+/m0/s1. The van der Waals surface area contributed by atoms with Crippen LogP contribution in [0.4, 0.5) is 5.82 Å². The van der Waals surface area contributed by atoms with E-state index in [-0.39, 0.29) is 0 Å². The van der Waals surface area contributed by atoms with E-state index in [0.29, 0.717) is 11.8 Å². The largest absolute Gasteiger partial charge is 0.480 e. The molecule has 2 N–H and O–H groups in total. The van der Waals surface area contributed by atoms with Crippen LogP contribution in [0.2, 0.25) is 0 Å². The minimum absolute atomic E-state index is 0.298. The Hall–Kier alpha value is -2.11. The second-order valence-electron chi connectivity index (χ2n) is 5.03. The monoisotopic (exact) mass is 244 g/mol. The zero-order valence-electron chi connectivity index (χ0n) is 9.58. The van der Waals surface area contributed by atoms with Crippen LogP contribution >= 0.6 is 0 Å². The highest BCUT2D eigenvalue weighted by Crippen LogP contribution is 2.51. The van der Waals surface area contributed by atoms with Crippen molar-refractivity contribution in [2.24, 2.45) is 11.8 Å². The Bertz CT molecular complexity index is 638. The molecular weight excluding hydrogens is 232 g/mol. The molecule has 0 unspecified atom stereocenters. The van der Waals surface area contributed by atoms with Crippen molar-refractivity contribution in [3.8, 4) is 0 Å². The number of aromatic amines is 1. The number of H-pyrrole nitrogens is 1. The van der Waals surface area contributed by atoms with Gasteiger partial charge in [0.25, 0.3) is 0 Å². The molecule has 1 aliphatic heterocycles. The molecule has 0 amide bonds. The highest BCUT2D eigenvalue weighted by molar-refractivity contribution is 5.90. The van der Waals surface area contributed by atoms with Gasteiger partial charge >= 0.3 is 5.97 Å². The number of aliphatic carboxylic acids is 1. The predicted octanol–water partition coefficient (Wildman–Crippen LogP) is 0.867. The summed E-state index contributed by atoms with van der Waals surface area (Å²) in [6, 6.07) is 1.47. The molecule has 1 saturated carbocycles. The predicted molar refractivity (Wildman–Crippen MR) is 64.3 cm³/mol. The average Bonchev–Trinajstić information content (AvgIpc) is 2.82. The highest BCUT2D eigenvalue weighted by atomic mass is 16.4. The van der Waals surface area contributed by atoms with Crippen LogP contribution in [0.15, 0.2) is 18.6 Å². The maximum atomic E-state index is 11.4. The minimum Gasteiger partial charge on any atom is -0.480 e. The molecule has 2 aliphatic rings. The third-order valence-electron chi connectivity index (χ3n) is 4.01. The molecule has 2 fully saturated rings. The molecule has 92 valence electrons. The van der Waals surface area contributed by atoms with Gasteiger partial charge in [0, 0.05) is 12.7 Å². The fourth-order valence-corrected chi connectivity index (χ4v) is 3.09. The molecule has 0 radical (unpaired) electrons. The molecule has 3 atom stereocenters. The maximum Gasteiger partial charge on any atom is 0.326 e. The summed E-state index contributed by atoms with van der Waals surface area (Å²) in [6.45, 7) is 0.791. The number of nitrogens with one attached hydrogen (secondary N) is 1. The number of rotatable bonds is 2. The van der Waals surface area contributed by atoms with Gasteiger partial charge in [-0.25, -0.2) is 14.8 Å². The summed E-state index contributed by atoms with van der Waals surface area (Å²) < 4.78 is 0. The zero-order chi connectivity index (χ0) is 12.3. The van der Waals surface area contributed by atoms with Crippen molar-refractivity contribution in [1.29, 1.82) is 0 Å². The Kier molecular flexibility index (Phi) is 1.76. The lowest BCUT2D eigenvalue weighted by atomic mass is 10.2. The molecule has 0 bridgehead atoms. The maximum absolute atomic E-state index is 11.4. The van der Waals surface area contributed by atoms with E-state index >= 15 is 0 Å². The molecule has 6 nitrogen and oxygen atoms in total. The van der Waals surface area contributed by atoms with Crippen LogP contribution in [0.5, 0.6) is 0 Å². The molecule has 18 heavy (non-hydrogen) atoms. The first kappa shape index (κ1) is 9.87. The Morgan fingerprint density at radius 1 is 1.50 bits per heavy atom. The van der Waals surface area contributed by atoms with Gasteiger partial charge in [-0.2, -0.15) is 0 Å².